The third kappa shape index (κ3) is 3.38. The number of aromatic nitrogens is 3. The highest BCUT2D eigenvalue weighted by atomic mass is 16.5. The number of hydrogen-bond donors (Lipinski definition) is 0. The van der Waals surface area contributed by atoms with E-state index in [0.29, 0.717) is 35.0 Å². The van der Waals surface area contributed by atoms with Gasteiger partial charge in [-0.15, -0.1) is 0 Å². The molecular weight excluding hydrogens is 394 g/mol. The normalized spacial score (nSPS) is 13.2. The summed E-state index contributed by atoms with van der Waals surface area (Å²) in [5.74, 6) is 1.14. The molecule has 0 saturated heterocycles. The van der Waals surface area contributed by atoms with Gasteiger partial charge in [0.25, 0.3) is 5.91 Å². The fourth-order valence-corrected chi connectivity index (χ4v) is 3.66. The molecular formula is C23H23N5O3. The van der Waals surface area contributed by atoms with E-state index in [1.807, 2.05) is 31.2 Å². The molecule has 3 aromatic rings. The molecule has 1 aliphatic rings. The molecule has 1 amide bonds. The molecule has 0 fully saturated rings. The van der Waals surface area contributed by atoms with E-state index in [9.17, 15) is 10.1 Å². The Bertz CT molecular complexity index is 1220. The molecule has 0 spiro atoms. The van der Waals surface area contributed by atoms with E-state index < -0.39 is 5.54 Å². The quantitative estimate of drug-likeness (QED) is 0.629. The first-order valence-corrected chi connectivity index (χ1v) is 9.80. The van der Waals surface area contributed by atoms with Crippen LogP contribution in [-0.4, -0.2) is 34.9 Å². The monoisotopic (exact) mass is 417 g/mol. The van der Waals surface area contributed by atoms with E-state index in [-0.39, 0.29) is 5.91 Å². The molecule has 0 radical (unpaired) electrons. The fraction of sp³-hybridized carbons (Fsp3) is 0.304. The standard InChI is InChI=1S/C23H23N5O3/c1-14-8-17(15-6-7-19(30-4)20(9-15)31-5)26-18-12-27(22(29)21(14)18)16-10-25-28(11-16)23(2,3)13-24/h6-11H,12H2,1-5H3. The van der Waals surface area contributed by atoms with Gasteiger partial charge in [-0.1, -0.05) is 0 Å². The highest BCUT2D eigenvalue weighted by Gasteiger charge is 2.33. The first-order chi connectivity index (χ1) is 14.8. The van der Waals surface area contributed by atoms with Crippen LogP contribution in [0.3, 0.4) is 0 Å². The van der Waals surface area contributed by atoms with E-state index in [1.165, 1.54) is 0 Å². The molecule has 0 atom stereocenters. The van der Waals surface area contributed by atoms with Gasteiger partial charge in [-0.25, -0.2) is 0 Å². The van der Waals surface area contributed by atoms with Crippen LogP contribution in [-0.2, 0) is 12.1 Å². The van der Waals surface area contributed by atoms with Crippen LogP contribution < -0.4 is 14.4 Å². The van der Waals surface area contributed by atoms with Gasteiger partial charge >= 0.3 is 0 Å². The van der Waals surface area contributed by atoms with Crippen molar-refractivity contribution in [1.29, 1.82) is 5.26 Å². The van der Waals surface area contributed by atoms with Crippen molar-refractivity contribution in [1.82, 2.24) is 14.8 Å². The minimum absolute atomic E-state index is 0.117. The molecule has 8 nitrogen and oxygen atoms in total. The highest BCUT2D eigenvalue weighted by molar-refractivity contribution is 6.10. The molecule has 31 heavy (non-hydrogen) atoms. The highest BCUT2D eigenvalue weighted by Crippen LogP contribution is 2.35. The second-order valence-corrected chi connectivity index (χ2v) is 7.92. The number of pyridine rings is 1. The number of anilines is 1. The van der Waals surface area contributed by atoms with Crippen LogP contribution in [0.25, 0.3) is 11.3 Å². The SMILES string of the molecule is COc1ccc(-c2cc(C)c3c(n2)CN(c2cnn(C(C)(C)C#N)c2)C3=O)cc1OC. The molecule has 0 unspecified atom stereocenters. The molecule has 0 saturated carbocycles. The fourth-order valence-electron chi connectivity index (χ4n) is 3.66. The second kappa shape index (κ2) is 7.43. The van der Waals surface area contributed by atoms with E-state index >= 15 is 0 Å². The van der Waals surface area contributed by atoms with Gasteiger partial charge in [0.2, 0.25) is 0 Å². The number of methoxy groups -OCH3 is 2. The summed E-state index contributed by atoms with van der Waals surface area (Å²) in [6.45, 7) is 5.79. The van der Waals surface area contributed by atoms with E-state index in [2.05, 4.69) is 11.2 Å². The lowest BCUT2D eigenvalue weighted by Crippen LogP contribution is -2.25. The summed E-state index contributed by atoms with van der Waals surface area (Å²) in [5.41, 5.74) is 3.64. The lowest BCUT2D eigenvalue weighted by atomic mass is 10.0. The average Bonchev–Trinajstić information content (AvgIpc) is 3.38. The Balaban J connectivity index is 1.70. The summed E-state index contributed by atoms with van der Waals surface area (Å²) >= 11 is 0. The largest absolute Gasteiger partial charge is 0.493 e. The molecule has 1 aromatic carbocycles. The molecule has 0 N–H and O–H groups in total. The Morgan fingerprint density at radius 3 is 2.58 bits per heavy atom. The zero-order valence-corrected chi connectivity index (χ0v) is 18.1. The van der Waals surface area contributed by atoms with Crippen molar-refractivity contribution >= 4 is 11.6 Å². The van der Waals surface area contributed by atoms with Crippen molar-refractivity contribution in [2.45, 2.75) is 32.9 Å². The molecule has 8 heteroatoms. The van der Waals surface area contributed by atoms with Crippen molar-refractivity contribution in [2.24, 2.45) is 0 Å². The smallest absolute Gasteiger partial charge is 0.260 e. The Labute approximate surface area is 180 Å². The minimum Gasteiger partial charge on any atom is -0.493 e. The summed E-state index contributed by atoms with van der Waals surface area (Å²) < 4.78 is 12.3. The maximum atomic E-state index is 13.1. The lowest BCUT2D eigenvalue weighted by Gasteiger charge is -2.16. The maximum Gasteiger partial charge on any atom is 0.260 e. The van der Waals surface area contributed by atoms with E-state index in [4.69, 9.17) is 14.5 Å². The van der Waals surface area contributed by atoms with Crippen LogP contribution in [0.1, 0.15) is 35.5 Å². The predicted octanol–water partition coefficient (Wildman–Crippen LogP) is 3.69. The number of amides is 1. The van der Waals surface area contributed by atoms with Crippen molar-refractivity contribution in [2.75, 3.05) is 19.1 Å². The third-order valence-corrected chi connectivity index (χ3v) is 5.46. The van der Waals surface area contributed by atoms with Crippen LogP contribution in [0, 0.1) is 18.3 Å². The zero-order chi connectivity index (χ0) is 22.3. The molecule has 0 bridgehead atoms. The first-order valence-electron chi connectivity index (χ1n) is 9.80. The number of carbonyl (C=O) groups is 1. The van der Waals surface area contributed by atoms with Gasteiger partial charge in [0, 0.05) is 5.56 Å². The summed E-state index contributed by atoms with van der Waals surface area (Å²) in [5, 5.41) is 13.6. The number of nitrogens with zero attached hydrogens (tertiary/aromatic N) is 5. The van der Waals surface area contributed by atoms with Crippen LogP contribution in [0.15, 0.2) is 36.7 Å². The summed E-state index contributed by atoms with van der Waals surface area (Å²) in [6, 6.07) is 9.73. The number of aryl methyl sites for hydroxylation is 1. The van der Waals surface area contributed by atoms with E-state index in [1.54, 1.807) is 50.0 Å². The Hall–Kier alpha value is -3.86. The third-order valence-electron chi connectivity index (χ3n) is 5.46. The maximum absolute atomic E-state index is 13.1. The Kier molecular flexibility index (Phi) is 4.90. The van der Waals surface area contributed by atoms with Gasteiger partial charge in [0.1, 0.15) is 5.54 Å². The van der Waals surface area contributed by atoms with Gasteiger partial charge in [0.15, 0.2) is 11.5 Å². The molecule has 3 heterocycles. The van der Waals surface area contributed by atoms with Crippen molar-refractivity contribution in [3.8, 4) is 28.8 Å². The molecule has 4 rings (SSSR count). The van der Waals surface area contributed by atoms with Gasteiger partial charge in [-0.2, -0.15) is 10.4 Å². The predicted molar refractivity (Wildman–Crippen MR) is 115 cm³/mol. The number of ether oxygens (including phenoxy) is 2. The molecule has 2 aromatic heterocycles. The minimum atomic E-state index is -0.803. The summed E-state index contributed by atoms with van der Waals surface area (Å²) in [4.78, 5) is 19.5. The lowest BCUT2D eigenvalue weighted by molar-refractivity contribution is 0.0996. The average molecular weight is 417 g/mol. The number of carbonyl (C=O) groups excluding carboxylic acids is 1. The van der Waals surface area contributed by atoms with Crippen LogP contribution >= 0.6 is 0 Å². The van der Waals surface area contributed by atoms with Crippen LogP contribution in [0.2, 0.25) is 0 Å². The molecule has 1 aliphatic heterocycles. The number of hydrogen-bond acceptors (Lipinski definition) is 6. The van der Waals surface area contributed by atoms with Gasteiger partial charge in [-0.05, 0) is 50.6 Å². The summed E-state index contributed by atoms with van der Waals surface area (Å²) in [7, 11) is 3.18. The topological polar surface area (TPSA) is 93.3 Å². The Morgan fingerprint density at radius 1 is 1.16 bits per heavy atom. The van der Waals surface area contributed by atoms with Crippen molar-refractivity contribution in [3.63, 3.8) is 0 Å². The van der Waals surface area contributed by atoms with Crippen molar-refractivity contribution in [3.05, 3.63) is 53.5 Å². The first kappa shape index (κ1) is 20.4. The van der Waals surface area contributed by atoms with Crippen molar-refractivity contribution < 1.29 is 14.3 Å². The van der Waals surface area contributed by atoms with Crippen LogP contribution in [0.5, 0.6) is 11.5 Å². The van der Waals surface area contributed by atoms with Gasteiger partial charge in [0.05, 0.1) is 61.9 Å². The van der Waals surface area contributed by atoms with Gasteiger partial charge in [-0.3, -0.25) is 19.4 Å². The molecule has 158 valence electrons. The second-order valence-electron chi connectivity index (χ2n) is 7.92. The Morgan fingerprint density at radius 2 is 1.90 bits per heavy atom. The van der Waals surface area contributed by atoms with Crippen LogP contribution in [0.4, 0.5) is 5.69 Å². The zero-order valence-electron chi connectivity index (χ0n) is 18.1. The number of nitriles is 1. The number of rotatable bonds is 5. The number of fused-ring (bicyclic) bond motifs is 1. The van der Waals surface area contributed by atoms with Gasteiger partial charge < -0.3 is 9.47 Å². The number of benzene rings is 1. The summed E-state index contributed by atoms with van der Waals surface area (Å²) in [6.07, 6.45) is 3.32. The van der Waals surface area contributed by atoms with E-state index in [0.717, 1.165) is 16.8 Å². The molecule has 0 aliphatic carbocycles.